The summed E-state index contributed by atoms with van der Waals surface area (Å²) in [5.74, 6) is 6.54. The van der Waals surface area contributed by atoms with Crippen LogP contribution in [0.25, 0.3) is 10.1 Å². The van der Waals surface area contributed by atoms with Gasteiger partial charge in [-0.2, -0.15) is 13.2 Å². The van der Waals surface area contributed by atoms with Crippen molar-refractivity contribution in [3.8, 4) is 17.6 Å². The Morgan fingerprint density at radius 2 is 1.93 bits per heavy atom. The Morgan fingerprint density at radius 1 is 1.15 bits per heavy atom. The van der Waals surface area contributed by atoms with Crippen molar-refractivity contribution in [2.45, 2.75) is 50.2 Å². The van der Waals surface area contributed by atoms with Gasteiger partial charge in [-0.25, -0.2) is 4.39 Å². The Labute approximate surface area is 242 Å². The maximum absolute atomic E-state index is 14.7. The van der Waals surface area contributed by atoms with E-state index in [0.29, 0.717) is 45.1 Å². The number of alkyl halides is 4. The van der Waals surface area contributed by atoms with E-state index in [2.05, 4.69) is 22.5 Å². The fourth-order valence-corrected chi connectivity index (χ4v) is 6.93. The molecule has 41 heavy (non-hydrogen) atoms. The van der Waals surface area contributed by atoms with Crippen molar-refractivity contribution in [2.75, 3.05) is 50.6 Å². The van der Waals surface area contributed by atoms with Gasteiger partial charge >= 0.3 is 6.18 Å². The second-order valence-electron chi connectivity index (χ2n) is 11.2. The third-order valence-corrected chi connectivity index (χ3v) is 9.97. The highest BCUT2D eigenvalue weighted by Crippen LogP contribution is 2.41. The van der Waals surface area contributed by atoms with Gasteiger partial charge in [-0.1, -0.05) is 24.0 Å². The highest BCUT2D eigenvalue weighted by Gasteiger charge is 2.32. The molecular weight excluding hydrogens is 573 g/mol. The molecule has 2 N–H and O–H groups in total. The molecule has 1 saturated heterocycles. The molecule has 11 heteroatoms. The molecule has 0 unspecified atom stereocenters. The Kier molecular flexibility index (Phi) is 8.61. The number of benzene rings is 2. The lowest BCUT2D eigenvalue weighted by molar-refractivity contribution is -0.126. The van der Waals surface area contributed by atoms with Gasteiger partial charge in [0, 0.05) is 18.4 Å². The fourth-order valence-electron chi connectivity index (χ4n) is 4.90. The van der Waals surface area contributed by atoms with E-state index < -0.39 is 32.0 Å². The minimum Gasteiger partial charge on any atom is -0.488 e. The average Bonchev–Trinajstić information content (AvgIpc) is 3.64. The smallest absolute Gasteiger partial charge is 0.393 e. The molecule has 0 spiro atoms. The van der Waals surface area contributed by atoms with Crippen LogP contribution >= 0.6 is 18.5 Å². The number of anilines is 2. The summed E-state index contributed by atoms with van der Waals surface area (Å²) in [4.78, 5) is 2.27. The third-order valence-electron chi connectivity index (χ3n) is 7.26. The maximum Gasteiger partial charge on any atom is 0.393 e. The highest BCUT2D eigenvalue weighted by molar-refractivity contribution is 7.70. The van der Waals surface area contributed by atoms with Crippen molar-refractivity contribution < 1.29 is 26.9 Å². The summed E-state index contributed by atoms with van der Waals surface area (Å²) in [5.41, 5.74) is 1.46. The summed E-state index contributed by atoms with van der Waals surface area (Å²) in [6, 6.07) is 10.2. The largest absolute Gasteiger partial charge is 0.488 e. The Balaban J connectivity index is 1.40. The lowest BCUT2D eigenvalue weighted by atomic mass is 10.0. The number of hydrogen-bond acceptors (Lipinski definition) is 6. The van der Waals surface area contributed by atoms with E-state index in [0.717, 1.165) is 24.7 Å². The van der Waals surface area contributed by atoms with Crippen molar-refractivity contribution in [1.82, 2.24) is 4.90 Å². The standard InChI is InChI=1S/C30H34F4N3O2PS/c1-37-15-13-24(23(31)18-37)36-26-7-4-6-21-22(17-30(32,33)34)28(41-29(21)26)8-5-14-35-25-12-11-20(40(2,3)38)16-27(25)39-19-9-10-19/h4,6-7,11-12,16,19,23-24,35-36H,9-10,13-15,17-18H2,1-3H3/t23-,24+/m1/s1. The first-order valence-electron chi connectivity index (χ1n) is 13.7. The minimum absolute atomic E-state index is 0.137. The average molecular weight is 608 g/mol. The van der Waals surface area contributed by atoms with Crippen LogP contribution in [0.1, 0.15) is 29.7 Å². The van der Waals surface area contributed by atoms with Crippen LogP contribution in [-0.4, -0.2) is 69.4 Å². The van der Waals surface area contributed by atoms with Crippen LogP contribution in [-0.2, 0) is 11.0 Å². The van der Waals surface area contributed by atoms with Crippen LogP contribution in [0.5, 0.6) is 5.75 Å². The van der Waals surface area contributed by atoms with Crippen LogP contribution in [0.15, 0.2) is 36.4 Å². The zero-order valence-corrected chi connectivity index (χ0v) is 25.0. The summed E-state index contributed by atoms with van der Waals surface area (Å²) in [7, 11) is -0.602. The number of nitrogens with zero attached hydrogens (tertiary/aromatic N) is 1. The van der Waals surface area contributed by atoms with Gasteiger partial charge in [-0.3, -0.25) is 0 Å². The number of ether oxygens (including phenoxy) is 1. The first kappa shape index (κ1) is 29.8. The zero-order valence-electron chi connectivity index (χ0n) is 23.3. The molecule has 2 aromatic carbocycles. The van der Waals surface area contributed by atoms with Crippen LogP contribution < -0.4 is 20.7 Å². The van der Waals surface area contributed by atoms with E-state index in [1.807, 2.05) is 18.0 Å². The van der Waals surface area contributed by atoms with Gasteiger partial charge < -0.3 is 24.8 Å². The molecule has 1 aromatic heterocycles. The van der Waals surface area contributed by atoms with Gasteiger partial charge in [-0.15, -0.1) is 11.3 Å². The molecule has 2 atom stereocenters. The molecule has 3 aromatic rings. The number of hydrogen-bond donors (Lipinski definition) is 2. The maximum atomic E-state index is 14.7. The first-order chi connectivity index (χ1) is 19.4. The van der Waals surface area contributed by atoms with Crippen LogP contribution in [0.4, 0.5) is 28.9 Å². The molecule has 2 fully saturated rings. The first-order valence-corrected chi connectivity index (χ1v) is 17.1. The molecule has 2 aliphatic rings. The third kappa shape index (κ3) is 7.57. The van der Waals surface area contributed by atoms with E-state index in [9.17, 15) is 22.1 Å². The lowest BCUT2D eigenvalue weighted by Gasteiger charge is -2.33. The number of thiophene rings is 1. The molecule has 220 valence electrons. The molecule has 5 nitrogen and oxygen atoms in total. The van der Waals surface area contributed by atoms with E-state index in [1.54, 1.807) is 43.7 Å². The van der Waals surface area contributed by atoms with Gasteiger partial charge in [0.2, 0.25) is 0 Å². The minimum atomic E-state index is -4.40. The molecule has 0 amide bonds. The van der Waals surface area contributed by atoms with E-state index in [4.69, 9.17) is 4.74 Å². The second kappa shape index (κ2) is 11.9. The highest BCUT2D eigenvalue weighted by atomic mass is 32.1. The quantitative estimate of drug-likeness (QED) is 0.169. The number of halogens is 4. The molecule has 2 heterocycles. The fraction of sp³-hybridized carbons (Fsp3) is 0.467. The summed E-state index contributed by atoms with van der Waals surface area (Å²) >= 11 is 1.20. The molecule has 1 aliphatic carbocycles. The molecule has 0 radical (unpaired) electrons. The van der Waals surface area contributed by atoms with Crippen molar-refractivity contribution in [2.24, 2.45) is 0 Å². The SMILES string of the molecule is CN1CC[C@H](Nc2cccc3c(CC(F)(F)F)c(C#CCNc4ccc(P(C)(C)=O)cc4OC4CC4)sc23)[C@H](F)C1. The second-order valence-corrected chi connectivity index (χ2v) is 15.4. The molecule has 1 saturated carbocycles. The van der Waals surface area contributed by atoms with Gasteiger partial charge in [0.1, 0.15) is 19.1 Å². The number of rotatable bonds is 8. The van der Waals surface area contributed by atoms with Gasteiger partial charge in [0.05, 0.1) is 46.1 Å². The zero-order chi connectivity index (χ0) is 29.4. The summed E-state index contributed by atoms with van der Waals surface area (Å²) < 4.78 is 74.8. The Morgan fingerprint density at radius 3 is 2.61 bits per heavy atom. The number of nitrogens with one attached hydrogen (secondary N) is 2. The number of likely N-dealkylation sites (tertiary alicyclic amines) is 1. The van der Waals surface area contributed by atoms with Gasteiger partial charge in [-0.05, 0) is 74.9 Å². The predicted octanol–water partition coefficient (Wildman–Crippen LogP) is 6.71. The van der Waals surface area contributed by atoms with Crippen molar-refractivity contribution >= 4 is 45.2 Å². The Bertz CT molecular complexity index is 1520. The van der Waals surface area contributed by atoms with Crippen molar-refractivity contribution in [1.29, 1.82) is 0 Å². The monoisotopic (exact) mass is 607 g/mol. The van der Waals surface area contributed by atoms with E-state index in [1.165, 1.54) is 11.3 Å². The normalized spacial score (nSPS) is 20.0. The van der Waals surface area contributed by atoms with E-state index >= 15 is 0 Å². The van der Waals surface area contributed by atoms with Gasteiger partial charge in [0.15, 0.2) is 0 Å². The lowest BCUT2D eigenvalue weighted by Crippen LogP contribution is -2.46. The van der Waals surface area contributed by atoms with Gasteiger partial charge in [0.25, 0.3) is 0 Å². The van der Waals surface area contributed by atoms with Crippen molar-refractivity contribution in [3.05, 3.63) is 46.8 Å². The summed E-state index contributed by atoms with van der Waals surface area (Å²) in [6.45, 7) is 4.65. The number of fused-ring (bicyclic) bond motifs is 1. The van der Waals surface area contributed by atoms with Crippen LogP contribution in [0.3, 0.4) is 0 Å². The van der Waals surface area contributed by atoms with E-state index in [-0.39, 0.29) is 18.2 Å². The summed E-state index contributed by atoms with van der Waals surface area (Å²) in [5, 5.41) is 7.67. The molecule has 0 bridgehead atoms. The topological polar surface area (TPSA) is 53.6 Å². The van der Waals surface area contributed by atoms with Crippen molar-refractivity contribution in [3.63, 3.8) is 0 Å². The number of piperidine rings is 1. The molecule has 1 aliphatic heterocycles. The predicted molar refractivity (Wildman–Crippen MR) is 161 cm³/mol. The van der Waals surface area contributed by atoms with Crippen LogP contribution in [0, 0.1) is 11.8 Å². The van der Waals surface area contributed by atoms with Crippen LogP contribution in [0.2, 0.25) is 0 Å². The summed E-state index contributed by atoms with van der Waals surface area (Å²) in [6.07, 6.45) is -3.90. The Hall–Kier alpha value is -2.73. The molecule has 5 rings (SSSR count). The molecular formula is C30H34F4N3O2PS.